The zero-order valence-corrected chi connectivity index (χ0v) is 9.18. The molecule has 2 aromatic carbocycles. The lowest BCUT2D eigenvalue weighted by atomic mass is 9.92. The molecule has 1 atom stereocenters. The van der Waals surface area contributed by atoms with Crippen molar-refractivity contribution in [1.29, 1.82) is 0 Å². The van der Waals surface area contributed by atoms with E-state index in [9.17, 15) is 5.11 Å². The number of fused-ring (bicyclic) bond motifs is 3. The summed E-state index contributed by atoms with van der Waals surface area (Å²) in [4.78, 5) is 0. The number of hydrogen-bond acceptors (Lipinski definition) is 0. The minimum Gasteiger partial charge on any atom is -0.232 e. The SMILES string of the molecule is CC([O])C1c2ccccc2-c2ccccc21. The molecule has 1 radical (unpaired) electrons. The van der Waals surface area contributed by atoms with E-state index < -0.39 is 6.10 Å². The van der Waals surface area contributed by atoms with Gasteiger partial charge >= 0.3 is 0 Å². The number of hydrogen-bond donors (Lipinski definition) is 0. The summed E-state index contributed by atoms with van der Waals surface area (Å²) in [5.41, 5.74) is 4.83. The summed E-state index contributed by atoms with van der Waals surface area (Å²) in [5.74, 6) is 0.0207. The minimum atomic E-state index is -0.593. The van der Waals surface area contributed by atoms with Crippen molar-refractivity contribution in [2.75, 3.05) is 0 Å². The summed E-state index contributed by atoms with van der Waals surface area (Å²) in [6, 6.07) is 16.5. The monoisotopic (exact) mass is 209 g/mol. The predicted molar refractivity (Wildman–Crippen MR) is 63.9 cm³/mol. The first-order valence-electron chi connectivity index (χ1n) is 5.63. The Balaban J connectivity index is 2.30. The summed E-state index contributed by atoms with van der Waals surface area (Å²) in [6.07, 6.45) is -0.593. The summed E-state index contributed by atoms with van der Waals surface area (Å²) >= 11 is 0. The number of benzene rings is 2. The Morgan fingerprint density at radius 3 is 1.75 bits per heavy atom. The highest BCUT2D eigenvalue weighted by Crippen LogP contribution is 2.45. The van der Waals surface area contributed by atoms with Gasteiger partial charge in [-0.2, -0.15) is 0 Å². The molecular formula is C15H13O. The van der Waals surface area contributed by atoms with Crippen LogP contribution in [0.25, 0.3) is 11.1 Å². The largest absolute Gasteiger partial charge is 0.232 e. The van der Waals surface area contributed by atoms with Crippen LogP contribution in [-0.4, -0.2) is 6.10 Å². The molecule has 2 aromatic rings. The third-order valence-corrected chi connectivity index (χ3v) is 3.35. The van der Waals surface area contributed by atoms with Gasteiger partial charge in [0.1, 0.15) is 6.10 Å². The maximum atomic E-state index is 11.9. The van der Waals surface area contributed by atoms with Crippen molar-refractivity contribution in [2.45, 2.75) is 18.9 Å². The standard InChI is InChI=1S/C15H13O/c1-10(16)15-13-8-4-2-6-11(13)12-7-3-5-9-14(12)15/h2-10,15H,1H3. The molecule has 1 aliphatic carbocycles. The highest BCUT2D eigenvalue weighted by molar-refractivity contribution is 5.78. The van der Waals surface area contributed by atoms with Crippen LogP contribution >= 0.6 is 0 Å². The minimum absolute atomic E-state index is 0.0207. The van der Waals surface area contributed by atoms with E-state index in [1.165, 1.54) is 22.3 Å². The Kier molecular flexibility index (Phi) is 2.08. The van der Waals surface area contributed by atoms with Gasteiger partial charge in [-0.25, -0.2) is 5.11 Å². The lowest BCUT2D eigenvalue weighted by molar-refractivity contribution is 0.0921. The Labute approximate surface area is 95.4 Å². The van der Waals surface area contributed by atoms with E-state index in [-0.39, 0.29) is 5.92 Å². The molecule has 0 heterocycles. The second kappa shape index (κ2) is 3.46. The highest BCUT2D eigenvalue weighted by Gasteiger charge is 2.31. The summed E-state index contributed by atoms with van der Waals surface area (Å²) < 4.78 is 0. The summed E-state index contributed by atoms with van der Waals surface area (Å²) in [7, 11) is 0. The van der Waals surface area contributed by atoms with Gasteiger partial charge in [-0.05, 0) is 29.2 Å². The van der Waals surface area contributed by atoms with Crippen molar-refractivity contribution in [1.82, 2.24) is 0 Å². The molecule has 0 saturated carbocycles. The van der Waals surface area contributed by atoms with Crippen molar-refractivity contribution >= 4 is 0 Å². The Bertz CT molecular complexity index is 483. The number of rotatable bonds is 1. The van der Waals surface area contributed by atoms with Gasteiger partial charge in [0, 0.05) is 5.92 Å². The molecule has 79 valence electrons. The van der Waals surface area contributed by atoms with E-state index in [0.717, 1.165) is 0 Å². The average molecular weight is 209 g/mol. The van der Waals surface area contributed by atoms with Crippen LogP contribution in [0, 0.1) is 0 Å². The molecule has 0 N–H and O–H groups in total. The van der Waals surface area contributed by atoms with Gasteiger partial charge in [0.15, 0.2) is 0 Å². The van der Waals surface area contributed by atoms with E-state index in [0.29, 0.717) is 0 Å². The van der Waals surface area contributed by atoms with E-state index in [1.807, 2.05) is 24.3 Å². The van der Waals surface area contributed by atoms with Gasteiger partial charge in [0.2, 0.25) is 0 Å². The van der Waals surface area contributed by atoms with Crippen molar-refractivity contribution in [2.24, 2.45) is 0 Å². The fourth-order valence-corrected chi connectivity index (χ4v) is 2.70. The van der Waals surface area contributed by atoms with Crippen molar-refractivity contribution in [3.63, 3.8) is 0 Å². The topological polar surface area (TPSA) is 19.9 Å². The van der Waals surface area contributed by atoms with Crippen LogP contribution in [0.4, 0.5) is 0 Å². The average Bonchev–Trinajstić information content (AvgIpc) is 2.63. The molecule has 16 heavy (non-hydrogen) atoms. The normalized spacial score (nSPS) is 15.6. The van der Waals surface area contributed by atoms with E-state index in [4.69, 9.17) is 0 Å². The maximum absolute atomic E-state index is 11.9. The van der Waals surface area contributed by atoms with Crippen LogP contribution < -0.4 is 0 Å². The highest BCUT2D eigenvalue weighted by atomic mass is 16.3. The molecular weight excluding hydrogens is 196 g/mol. The first-order valence-corrected chi connectivity index (χ1v) is 5.63. The Hall–Kier alpha value is -1.60. The third-order valence-electron chi connectivity index (χ3n) is 3.35. The molecule has 0 bridgehead atoms. The zero-order chi connectivity index (χ0) is 11.1. The fourth-order valence-electron chi connectivity index (χ4n) is 2.70. The molecule has 1 heteroatoms. The molecule has 0 fully saturated rings. The van der Waals surface area contributed by atoms with E-state index in [2.05, 4.69) is 24.3 Å². The van der Waals surface area contributed by atoms with Crippen molar-refractivity contribution in [3.05, 3.63) is 59.7 Å². The maximum Gasteiger partial charge on any atom is 0.101 e. The van der Waals surface area contributed by atoms with Crippen LogP contribution in [0.1, 0.15) is 24.0 Å². The van der Waals surface area contributed by atoms with Crippen molar-refractivity contribution < 1.29 is 5.11 Å². The smallest absolute Gasteiger partial charge is 0.101 e. The second-order valence-corrected chi connectivity index (χ2v) is 4.36. The lowest BCUT2D eigenvalue weighted by Gasteiger charge is -2.14. The van der Waals surface area contributed by atoms with Crippen LogP contribution in [0.5, 0.6) is 0 Å². The summed E-state index contributed by atoms with van der Waals surface area (Å²) in [6.45, 7) is 1.75. The molecule has 0 aliphatic heterocycles. The van der Waals surface area contributed by atoms with Crippen LogP contribution in [0.2, 0.25) is 0 Å². The van der Waals surface area contributed by atoms with Gasteiger partial charge in [-0.1, -0.05) is 48.5 Å². The van der Waals surface area contributed by atoms with Gasteiger partial charge in [-0.3, -0.25) is 0 Å². The Morgan fingerprint density at radius 2 is 1.31 bits per heavy atom. The third kappa shape index (κ3) is 1.22. The lowest BCUT2D eigenvalue weighted by Crippen LogP contribution is -2.11. The van der Waals surface area contributed by atoms with Gasteiger partial charge in [0.25, 0.3) is 0 Å². The zero-order valence-electron chi connectivity index (χ0n) is 9.18. The predicted octanol–water partition coefficient (Wildman–Crippen LogP) is 3.62. The van der Waals surface area contributed by atoms with Crippen molar-refractivity contribution in [3.8, 4) is 11.1 Å². The molecule has 0 amide bonds. The first kappa shape index (κ1) is 9.61. The molecule has 1 aliphatic rings. The Morgan fingerprint density at radius 1 is 0.875 bits per heavy atom. The van der Waals surface area contributed by atoms with E-state index >= 15 is 0 Å². The van der Waals surface area contributed by atoms with Gasteiger partial charge < -0.3 is 0 Å². The molecule has 0 spiro atoms. The van der Waals surface area contributed by atoms with E-state index in [1.54, 1.807) is 6.92 Å². The molecule has 1 nitrogen and oxygen atoms in total. The van der Waals surface area contributed by atoms with Crippen LogP contribution in [0.3, 0.4) is 0 Å². The molecule has 0 saturated heterocycles. The van der Waals surface area contributed by atoms with Gasteiger partial charge in [-0.15, -0.1) is 0 Å². The second-order valence-electron chi connectivity index (χ2n) is 4.36. The molecule has 3 rings (SSSR count). The summed E-state index contributed by atoms with van der Waals surface area (Å²) in [5, 5.41) is 11.9. The molecule has 1 unspecified atom stereocenters. The quantitative estimate of drug-likeness (QED) is 0.683. The van der Waals surface area contributed by atoms with Gasteiger partial charge in [0.05, 0.1) is 0 Å². The van der Waals surface area contributed by atoms with Crippen LogP contribution in [0.15, 0.2) is 48.5 Å². The molecule has 0 aromatic heterocycles. The fraction of sp³-hybridized carbons (Fsp3) is 0.200. The first-order chi connectivity index (χ1) is 7.79. The van der Waals surface area contributed by atoms with Crippen LogP contribution in [-0.2, 0) is 5.11 Å².